The second-order valence-electron chi connectivity index (χ2n) is 8.16. The fourth-order valence-corrected chi connectivity index (χ4v) is 6.57. The van der Waals surface area contributed by atoms with Crippen LogP contribution in [0.5, 0.6) is 0 Å². The minimum Gasteiger partial charge on any atom is -0.299 e. The molecule has 1 saturated heterocycles. The van der Waals surface area contributed by atoms with Gasteiger partial charge >= 0.3 is 7.60 Å². The topological polar surface area (TPSA) is 35.5 Å². The maximum absolute atomic E-state index is 14.0. The summed E-state index contributed by atoms with van der Waals surface area (Å²) in [6.45, 7) is 7.76. The number of hydrogen-bond acceptors (Lipinski definition) is 3. The molecule has 0 aliphatic carbocycles. The Morgan fingerprint density at radius 2 is 1.26 bits per heavy atom. The van der Waals surface area contributed by atoms with Crippen molar-refractivity contribution < 1.29 is 13.6 Å². The van der Waals surface area contributed by atoms with Gasteiger partial charge in [-0.05, 0) is 55.7 Å². The Hall–Kier alpha value is -1.93. The lowest BCUT2D eigenvalue weighted by atomic mass is 9.90. The first kappa shape index (κ1) is 18.4. The number of fused-ring (bicyclic) bond motifs is 1. The van der Waals surface area contributed by atoms with Crippen molar-refractivity contribution in [1.82, 2.24) is 0 Å². The molecule has 0 radical (unpaired) electrons. The van der Waals surface area contributed by atoms with Gasteiger partial charge in [0.15, 0.2) is 0 Å². The van der Waals surface area contributed by atoms with Crippen LogP contribution >= 0.6 is 7.60 Å². The number of hydrogen-bond donors (Lipinski definition) is 0. The van der Waals surface area contributed by atoms with E-state index in [0.29, 0.717) is 0 Å². The van der Waals surface area contributed by atoms with Crippen LogP contribution in [0, 0.1) is 0 Å². The van der Waals surface area contributed by atoms with E-state index in [1.165, 1.54) is 0 Å². The highest BCUT2D eigenvalue weighted by atomic mass is 31.2. The highest BCUT2D eigenvalue weighted by molar-refractivity contribution is 7.54. The van der Waals surface area contributed by atoms with E-state index in [1.54, 1.807) is 0 Å². The van der Waals surface area contributed by atoms with E-state index in [-0.39, 0.29) is 0 Å². The predicted octanol–water partition coefficient (Wildman–Crippen LogP) is 6.73. The molecule has 3 nitrogen and oxygen atoms in total. The fourth-order valence-electron chi connectivity index (χ4n) is 3.55. The average molecular weight is 380 g/mol. The molecule has 1 atom stereocenters. The molecule has 3 aromatic rings. The molecule has 3 aromatic carbocycles. The van der Waals surface area contributed by atoms with Gasteiger partial charge in [0.2, 0.25) is 0 Å². The molecule has 1 heterocycles. The van der Waals surface area contributed by atoms with Crippen molar-refractivity contribution in [2.24, 2.45) is 0 Å². The smallest absolute Gasteiger partial charge is 0.299 e. The molecule has 4 heteroatoms. The van der Waals surface area contributed by atoms with E-state index in [9.17, 15) is 4.57 Å². The summed E-state index contributed by atoms with van der Waals surface area (Å²) in [5.41, 5.74) is 0.115. The van der Waals surface area contributed by atoms with Crippen LogP contribution in [-0.4, -0.2) is 11.2 Å². The van der Waals surface area contributed by atoms with Crippen molar-refractivity contribution in [2.45, 2.75) is 44.6 Å². The summed E-state index contributed by atoms with van der Waals surface area (Å²) in [6.07, 6.45) is 0. The molecule has 27 heavy (non-hydrogen) atoms. The first-order valence-corrected chi connectivity index (χ1v) is 10.9. The van der Waals surface area contributed by atoms with E-state index in [1.807, 2.05) is 76.2 Å². The van der Waals surface area contributed by atoms with Crippen molar-refractivity contribution >= 4 is 18.4 Å². The Morgan fingerprint density at radius 1 is 0.704 bits per heavy atom. The van der Waals surface area contributed by atoms with Gasteiger partial charge in [0.05, 0.1) is 0 Å². The molecule has 1 aliphatic heterocycles. The molecule has 0 unspecified atom stereocenters. The summed E-state index contributed by atoms with van der Waals surface area (Å²) in [4.78, 5) is 0. The third kappa shape index (κ3) is 3.14. The van der Waals surface area contributed by atoms with E-state index < -0.39 is 24.5 Å². The van der Waals surface area contributed by atoms with Crippen LogP contribution in [0.2, 0.25) is 0 Å². The maximum atomic E-state index is 14.0. The standard InChI is InChI=1S/C23H25O3P/c1-22(2)23(3,4)26-27(24,25-22)21(18-11-6-5-7-12-18)20-15-14-17-10-8-9-13-19(17)16-20/h5-16,21H,1-4H3/t21-/m1/s1. The predicted molar refractivity (Wildman–Crippen MR) is 110 cm³/mol. The Kier molecular flexibility index (Phi) is 4.31. The zero-order chi connectivity index (χ0) is 19.3. The van der Waals surface area contributed by atoms with E-state index >= 15 is 0 Å². The van der Waals surface area contributed by atoms with Crippen LogP contribution in [0.15, 0.2) is 72.8 Å². The summed E-state index contributed by atoms with van der Waals surface area (Å²) < 4.78 is 26.4. The summed E-state index contributed by atoms with van der Waals surface area (Å²) in [6, 6.07) is 24.2. The van der Waals surface area contributed by atoms with Gasteiger partial charge < -0.3 is 0 Å². The van der Waals surface area contributed by atoms with Crippen molar-refractivity contribution in [1.29, 1.82) is 0 Å². The minimum atomic E-state index is -3.45. The molecule has 0 aromatic heterocycles. The van der Waals surface area contributed by atoms with Crippen LogP contribution in [0.3, 0.4) is 0 Å². The maximum Gasteiger partial charge on any atom is 0.343 e. The van der Waals surface area contributed by atoms with E-state index in [0.717, 1.165) is 21.9 Å². The van der Waals surface area contributed by atoms with Crippen molar-refractivity contribution in [3.8, 4) is 0 Å². The van der Waals surface area contributed by atoms with Crippen molar-refractivity contribution in [2.75, 3.05) is 0 Å². The first-order valence-electron chi connectivity index (χ1n) is 9.27. The lowest BCUT2D eigenvalue weighted by Crippen LogP contribution is -2.41. The summed E-state index contributed by atoms with van der Waals surface area (Å²) in [7, 11) is -3.45. The lowest BCUT2D eigenvalue weighted by molar-refractivity contribution is 0.00578. The summed E-state index contributed by atoms with van der Waals surface area (Å²) in [5.74, 6) is 0. The van der Waals surface area contributed by atoms with Crippen LogP contribution < -0.4 is 0 Å². The Morgan fingerprint density at radius 3 is 1.89 bits per heavy atom. The summed E-state index contributed by atoms with van der Waals surface area (Å²) >= 11 is 0. The molecule has 0 amide bonds. The van der Waals surface area contributed by atoms with E-state index in [2.05, 4.69) is 24.3 Å². The quantitative estimate of drug-likeness (QED) is 0.473. The largest absolute Gasteiger partial charge is 0.343 e. The normalized spacial score (nSPS) is 21.2. The molecule has 0 N–H and O–H groups in total. The summed E-state index contributed by atoms with van der Waals surface area (Å²) in [5, 5.41) is 2.26. The van der Waals surface area contributed by atoms with Gasteiger partial charge in [-0.15, -0.1) is 0 Å². The van der Waals surface area contributed by atoms with Gasteiger partial charge in [-0.25, -0.2) is 0 Å². The minimum absolute atomic E-state index is 0.468. The molecule has 0 bridgehead atoms. The van der Waals surface area contributed by atoms with Crippen LogP contribution in [0.4, 0.5) is 0 Å². The van der Waals surface area contributed by atoms with Gasteiger partial charge in [0.25, 0.3) is 0 Å². The molecular weight excluding hydrogens is 355 g/mol. The lowest BCUT2D eigenvalue weighted by Gasteiger charge is -2.29. The van der Waals surface area contributed by atoms with Crippen molar-refractivity contribution in [3.05, 3.63) is 83.9 Å². The SMILES string of the molecule is CC1(C)OP(=O)([C@H](c2ccccc2)c2ccc3ccccc3c2)OC1(C)C. The Bertz CT molecular complexity index is 1000. The number of benzene rings is 3. The molecule has 4 rings (SSSR count). The molecule has 0 spiro atoms. The van der Waals surface area contributed by atoms with Crippen LogP contribution in [-0.2, 0) is 13.6 Å². The Labute approximate surface area is 160 Å². The van der Waals surface area contributed by atoms with Crippen molar-refractivity contribution in [3.63, 3.8) is 0 Å². The highest BCUT2D eigenvalue weighted by Gasteiger charge is 2.58. The zero-order valence-corrected chi connectivity index (χ0v) is 17.1. The second kappa shape index (κ2) is 6.31. The first-order chi connectivity index (χ1) is 12.7. The van der Waals surface area contributed by atoms with Gasteiger partial charge in [0, 0.05) is 0 Å². The highest BCUT2D eigenvalue weighted by Crippen LogP contribution is 2.73. The van der Waals surface area contributed by atoms with Gasteiger partial charge in [-0.1, -0.05) is 66.7 Å². The van der Waals surface area contributed by atoms with Gasteiger partial charge in [-0.2, -0.15) is 0 Å². The average Bonchev–Trinajstić information content (AvgIpc) is 2.78. The Balaban J connectivity index is 1.89. The van der Waals surface area contributed by atoms with Gasteiger partial charge in [0.1, 0.15) is 16.9 Å². The third-order valence-electron chi connectivity index (χ3n) is 5.68. The monoisotopic (exact) mass is 380 g/mol. The molecule has 1 aliphatic rings. The van der Waals surface area contributed by atoms with Crippen LogP contribution in [0.25, 0.3) is 10.8 Å². The fraction of sp³-hybridized carbons (Fsp3) is 0.304. The van der Waals surface area contributed by atoms with Gasteiger partial charge in [-0.3, -0.25) is 13.6 Å². The van der Waals surface area contributed by atoms with E-state index in [4.69, 9.17) is 9.05 Å². The second-order valence-corrected chi connectivity index (χ2v) is 10.1. The molecule has 1 fully saturated rings. The zero-order valence-electron chi connectivity index (χ0n) is 16.2. The number of rotatable bonds is 3. The third-order valence-corrected chi connectivity index (χ3v) is 8.33. The van der Waals surface area contributed by atoms with Crippen LogP contribution in [0.1, 0.15) is 44.5 Å². The molecule has 0 saturated carbocycles. The molecule has 140 valence electrons. The molecular formula is C23H25O3P.